The van der Waals surface area contributed by atoms with Crippen LogP contribution >= 0.6 is 0 Å². The Balaban J connectivity index is 3.04. The van der Waals surface area contributed by atoms with E-state index in [0.29, 0.717) is 25.9 Å². The van der Waals surface area contributed by atoms with Crippen molar-refractivity contribution in [1.82, 2.24) is 15.5 Å². The van der Waals surface area contributed by atoms with Crippen LogP contribution in [0.25, 0.3) is 0 Å². The number of nitrogens with two attached hydrogens (primary N) is 1. The number of nitrogens with one attached hydrogen (secondary N) is 2. The quantitative estimate of drug-likeness (QED) is 0.685. The minimum absolute atomic E-state index is 0.179. The molecular formula is C13H22N4O2. The molecule has 0 spiro atoms. The Kier molecular flexibility index (Phi) is 5.69. The van der Waals surface area contributed by atoms with Crippen LogP contribution in [0.5, 0.6) is 0 Å². The first-order chi connectivity index (χ1) is 9.04. The summed E-state index contributed by atoms with van der Waals surface area (Å²) in [7, 11) is 0. The van der Waals surface area contributed by atoms with Gasteiger partial charge in [0.2, 0.25) is 0 Å². The van der Waals surface area contributed by atoms with Crippen LogP contribution in [0.2, 0.25) is 0 Å². The maximum atomic E-state index is 12.1. The van der Waals surface area contributed by atoms with Crippen molar-refractivity contribution >= 4 is 5.91 Å². The van der Waals surface area contributed by atoms with Gasteiger partial charge in [-0.05, 0) is 30.9 Å². The third-order valence-electron chi connectivity index (χ3n) is 3.10. The Bertz CT molecular complexity index is 496. The number of hydrogen-bond donors (Lipinski definition) is 3. The molecule has 1 aromatic rings. The molecule has 0 bridgehead atoms. The van der Waals surface area contributed by atoms with Gasteiger partial charge in [0.25, 0.3) is 11.5 Å². The maximum absolute atomic E-state index is 12.1. The molecule has 1 aromatic heterocycles. The maximum Gasteiger partial charge on any atom is 0.277 e. The van der Waals surface area contributed by atoms with Crippen molar-refractivity contribution in [2.45, 2.75) is 33.6 Å². The number of amides is 1. The van der Waals surface area contributed by atoms with E-state index in [9.17, 15) is 9.59 Å². The standard InChI is InChI=1S/C13H22N4O2/c1-4-9-10(5-2)16-17-13(19)11(9)12(18)15-7-8(3)6-14/h8H,4-7,14H2,1-3H3,(H,15,18)(H,17,19). The number of carbonyl (C=O) groups is 1. The van der Waals surface area contributed by atoms with Crippen LogP contribution in [-0.4, -0.2) is 29.2 Å². The van der Waals surface area contributed by atoms with Crippen molar-refractivity contribution in [1.29, 1.82) is 0 Å². The molecule has 19 heavy (non-hydrogen) atoms. The van der Waals surface area contributed by atoms with E-state index in [0.717, 1.165) is 11.3 Å². The molecule has 0 fully saturated rings. The van der Waals surface area contributed by atoms with Gasteiger partial charge in [0.1, 0.15) is 5.56 Å². The topological polar surface area (TPSA) is 101 Å². The highest BCUT2D eigenvalue weighted by Crippen LogP contribution is 2.10. The molecule has 1 rings (SSSR count). The smallest absolute Gasteiger partial charge is 0.277 e. The molecular weight excluding hydrogens is 244 g/mol. The van der Waals surface area contributed by atoms with Gasteiger partial charge < -0.3 is 11.1 Å². The number of rotatable bonds is 6. The second-order valence-corrected chi connectivity index (χ2v) is 4.61. The van der Waals surface area contributed by atoms with Crippen molar-refractivity contribution in [2.75, 3.05) is 13.1 Å². The summed E-state index contributed by atoms with van der Waals surface area (Å²) in [4.78, 5) is 24.0. The SMILES string of the molecule is CCc1n[nH]c(=O)c(C(=O)NCC(C)CN)c1CC. The van der Waals surface area contributed by atoms with Crippen molar-refractivity contribution < 1.29 is 4.79 Å². The molecule has 0 aromatic carbocycles. The van der Waals surface area contributed by atoms with Gasteiger partial charge in [-0.1, -0.05) is 20.8 Å². The second-order valence-electron chi connectivity index (χ2n) is 4.61. The van der Waals surface area contributed by atoms with Crippen molar-refractivity contribution in [3.8, 4) is 0 Å². The lowest BCUT2D eigenvalue weighted by molar-refractivity contribution is 0.0945. The Morgan fingerprint density at radius 1 is 1.42 bits per heavy atom. The summed E-state index contributed by atoms with van der Waals surface area (Å²) in [6.45, 7) is 6.75. The molecule has 0 radical (unpaired) electrons. The number of carbonyl (C=O) groups excluding carboxylic acids is 1. The zero-order chi connectivity index (χ0) is 14.4. The fourth-order valence-electron chi connectivity index (χ4n) is 1.88. The van der Waals surface area contributed by atoms with E-state index in [4.69, 9.17) is 5.73 Å². The van der Waals surface area contributed by atoms with Gasteiger partial charge in [0.15, 0.2) is 0 Å². The Morgan fingerprint density at radius 2 is 2.11 bits per heavy atom. The van der Waals surface area contributed by atoms with Crippen molar-refractivity contribution in [3.05, 3.63) is 27.2 Å². The molecule has 6 heteroatoms. The van der Waals surface area contributed by atoms with Crippen LogP contribution in [0.4, 0.5) is 0 Å². The molecule has 106 valence electrons. The fraction of sp³-hybridized carbons (Fsp3) is 0.615. The molecule has 4 N–H and O–H groups in total. The van der Waals surface area contributed by atoms with Crippen LogP contribution in [-0.2, 0) is 12.8 Å². The monoisotopic (exact) mass is 266 g/mol. The summed E-state index contributed by atoms with van der Waals surface area (Å²) in [5, 5.41) is 9.12. The Morgan fingerprint density at radius 3 is 2.63 bits per heavy atom. The van der Waals surface area contributed by atoms with E-state index < -0.39 is 5.56 Å². The van der Waals surface area contributed by atoms with Crippen LogP contribution in [0.1, 0.15) is 42.4 Å². The van der Waals surface area contributed by atoms with Gasteiger partial charge in [-0.2, -0.15) is 5.10 Å². The summed E-state index contributed by atoms with van der Waals surface area (Å²) in [6, 6.07) is 0. The van der Waals surface area contributed by atoms with E-state index in [1.165, 1.54) is 0 Å². The van der Waals surface area contributed by atoms with Crippen molar-refractivity contribution in [3.63, 3.8) is 0 Å². The zero-order valence-corrected chi connectivity index (χ0v) is 11.7. The molecule has 1 amide bonds. The number of aromatic nitrogens is 2. The van der Waals surface area contributed by atoms with Crippen molar-refractivity contribution in [2.24, 2.45) is 11.7 Å². The van der Waals surface area contributed by atoms with Crippen LogP contribution in [0, 0.1) is 5.92 Å². The molecule has 1 unspecified atom stereocenters. The van der Waals surface area contributed by atoms with Gasteiger partial charge in [0, 0.05) is 6.54 Å². The van der Waals surface area contributed by atoms with Gasteiger partial charge in [-0.25, -0.2) is 5.10 Å². The summed E-state index contributed by atoms with van der Waals surface area (Å²) in [5.41, 5.74) is 6.73. The van der Waals surface area contributed by atoms with Gasteiger partial charge in [0.05, 0.1) is 5.69 Å². The second kappa shape index (κ2) is 7.04. The lowest BCUT2D eigenvalue weighted by Crippen LogP contribution is -2.36. The molecule has 0 aliphatic heterocycles. The normalized spacial score (nSPS) is 12.2. The lowest BCUT2D eigenvalue weighted by atomic mass is 10.0. The Labute approximate surface area is 112 Å². The Hall–Kier alpha value is -1.69. The first-order valence-corrected chi connectivity index (χ1v) is 6.63. The minimum atomic E-state index is -0.438. The van der Waals surface area contributed by atoms with E-state index >= 15 is 0 Å². The average molecular weight is 266 g/mol. The fourth-order valence-corrected chi connectivity index (χ4v) is 1.88. The number of H-pyrrole nitrogens is 1. The van der Waals surface area contributed by atoms with E-state index in [-0.39, 0.29) is 17.4 Å². The highest BCUT2D eigenvalue weighted by atomic mass is 16.2. The molecule has 6 nitrogen and oxygen atoms in total. The van der Waals surface area contributed by atoms with Crippen LogP contribution in [0.3, 0.4) is 0 Å². The first kappa shape index (κ1) is 15.4. The van der Waals surface area contributed by atoms with Gasteiger partial charge >= 0.3 is 0 Å². The minimum Gasteiger partial charge on any atom is -0.352 e. The molecule has 0 saturated carbocycles. The summed E-state index contributed by atoms with van der Waals surface area (Å²) < 4.78 is 0. The predicted octanol–water partition coefficient (Wildman–Crippen LogP) is 0.219. The third kappa shape index (κ3) is 3.64. The largest absolute Gasteiger partial charge is 0.352 e. The molecule has 1 heterocycles. The number of aromatic amines is 1. The number of aryl methyl sites for hydroxylation is 1. The predicted molar refractivity (Wildman–Crippen MR) is 74.2 cm³/mol. The van der Waals surface area contributed by atoms with Crippen LogP contribution in [0.15, 0.2) is 4.79 Å². The van der Waals surface area contributed by atoms with E-state index in [1.54, 1.807) is 0 Å². The summed E-state index contributed by atoms with van der Waals surface area (Å²) >= 11 is 0. The molecule has 0 aliphatic carbocycles. The summed E-state index contributed by atoms with van der Waals surface area (Å²) in [6.07, 6.45) is 1.29. The zero-order valence-electron chi connectivity index (χ0n) is 11.7. The summed E-state index contributed by atoms with van der Waals surface area (Å²) in [5.74, 6) is -0.170. The van der Waals surface area contributed by atoms with Gasteiger partial charge in [-0.15, -0.1) is 0 Å². The number of hydrogen-bond acceptors (Lipinski definition) is 4. The lowest BCUT2D eigenvalue weighted by Gasteiger charge is -2.13. The highest BCUT2D eigenvalue weighted by molar-refractivity contribution is 5.95. The third-order valence-corrected chi connectivity index (χ3v) is 3.10. The molecule has 0 aliphatic rings. The molecule has 0 saturated heterocycles. The van der Waals surface area contributed by atoms with Crippen LogP contribution < -0.4 is 16.6 Å². The number of nitrogens with zero attached hydrogens (tertiary/aromatic N) is 1. The van der Waals surface area contributed by atoms with E-state index in [2.05, 4.69) is 15.5 Å². The molecule has 1 atom stereocenters. The average Bonchev–Trinajstić information content (AvgIpc) is 2.43. The highest BCUT2D eigenvalue weighted by Gasteiger charge is 2.18. The van der Waals surface area contributed by atoms with E-state index in [1.807, 2.05) is 20.8 Å². The first-order valence-electron chi connectivity index (χ1n) is 6.63. The van der Waals surface area contributed by atoms with Gasteiger partial charge in [-0.3, -0.25) is 9.59 Å².